The second-order valence-corrected chi connectivity index (χ2v) is 10.3. The molecule has 3 heterocycles. The lowest BCUT2D eigenvalue weighted by molar-refractivity contribution is -0.136. The summed E-state index contributed by atoms with van der Waals surface area (Å²) in [6.07, 6.45) is 5.19. The molecule has 2 fully saturated rings. The summed E-state index contributed by atoms with van der Waals surface area (Å²) in [6, 6.07) is 9.09. The van der Waals surface area contributed by atoms with E-state index < -0.39 is 11.1 Å². The van der Waals surface area contributed by atoms with Crippen LogP contribution in [0.4, 0.5) is 4.79 Å². The number of hydrogen-bond acceptors (Lipinski definition) is 7. The standard InChI is InChI=1S/C25H26BrN3O5S/c1-16-6-9-28(10-7-16)22(30)14-29-24(31)21(35-25(29)32)13-17-11-19(26)23(20(12-17)33-2)34-15-18-5-3-4-8-27-18/h3-5,8,11-13,16H,6-7,9-10,14-15H2,1-2H3/b21-13+. The van der Waals surface area contributed by atoms with Crippen molar-refractivity contribution < 1.29 is 23.9 Å². The molecule has 0 unspecified atom stereocenters. The van der Waals surface area contributed by atoms with Gasteiger partial charge in [0, 0.05) is 19.3 Å². The highest BCUT2D eigenvalue weighted by Crippen LogP contribution is 2.39. The van der Waals surface area contributed by atoms with E-state index in [-0.39, 0.29) is 24.0 Å². The van der Waals surface area contributed by atoms with Gasteiger partial charge in [0.1, 0.15) is 13.2 Å². The third-order valence-electron chi connectivity index (χ3n) is 5.94. The first-order valence-corrected chi connectivity index (χ1v) is 12.9. The number of aromatic nitrogens is 1. The largest absolute Gasteiger partial charge is 0.493 e. The van der Waals surface area contributed by atoms with E-state index in [0.29, 0.717) is 40.5 Å². The highest BCUT2D eigenvalue weighted by Gasteiger charge is 2.37. The lowest BCUT2D eigenvalue weighted by atomic mass is 9.99. The summed E-state index contributed by atoms with van der Waals surface area (Å²) in [5, 5.41) is -0.443. The number of likely N-dealkylation sites (tertiary alicyclic amines) is 1. The first-order valence-electron chi connectivity index (χ1n) is 11.3. The normalized spacial score (nSPS) is 17.9. The van der Waals surface area contributed by atoms with Crippen molar-refractivity contribution in [1.29, 1.82) is 0 Å². The maximum Gasteiger partial charge on any atom is 0.294 e. The highest BCUT2D eigenvalue weighted by atomic mass is 79.9. The predicted molar refractivity (Wildman–Crippen MR) is 137 cm³/mol. The molecule has 184 valence electrons. The summed E-state index contributed by atoms with van der Waals surface area (Å²) < 4.78 is 12.0. The zero-order chi connectivity index (χ0) is 24.9. The van der Waals surface area contributed by atoms with Gasteiger partial charge in [-0.3, -0.25) is 24.3 Å². The quantitative estimate of drug-likeness (QED) is 0.453. The Balaban J connectivity index is 1.46. The summed E-state index contributed by atoms with van der Waals surface area (Å²) in [4.78, 5) is 45.4. The van der Waals surface area contributed by atoms with E-state index >= 15 is 0 Å². The van der Waals surface area contributed by atoms with Gasteiger partial charge < -0.3 is 14.4 Å². The summed E-state index contributed by atoms with van der Waals surface area (Å²) in [6.45, 7) is 3.51. The average molecular weight is 560 g/mol. The van der Waals surface area contributed by atoms with Crippen LogP contribution in [0.1, 0.15) is 31.0 Å². The van der Waals surface area contributed by atoms with Crippen molar-refractivity contribution in [3.05, 3.63) is 57.2 Å². The number of ether oxygens (including phenoxy) is 2. The molecule has 8 nitrogen and oxygen atoms in total. The number of amides is 3. The number of imide groups is 1. The molecular weight excluding hydrogens is 534 g/mol. The van der Waals surface area contributed by atoms with Crippen molar-refractivity contribution in [2.24, 2.45) is 5.92 Å². The molecule has 0 radical (unpaired) electrons. The summed E-state index contributed by atoms with van der Waals surface area (Å²) in [7, 11) is 1.53. The van der Waals surface area contributed by atoms with Gasteiger partial charge >= 0.3 is 0 Å². The zero-order valence-electron chi connectivity index (χ0n) is 19.5. The first kappa shape index (κ1) is 25.2. The molecule has 0 atom stereocenters. The van der Waals surface area contributed by atoms with Crippen LogP contribution in [0.25, 0.3) is 6.08 Å². The smallest absolute Gasteiger partial charge is 0.294 e. The van der Waals surface area contributed by atoms with Crippen molar-refractivity contribution in [2.45, 2.75) is 26.4 Å². The number of pyridine rings is 1. The van der Waals surface area contributed by atoms with Gasteiger partial charge in [0.25, 0.3) is 11.1 Å². The number of rotatable bonds is 7. The van der Waals surface area contributed by atoms with Crippen LogP contribution in [-0.2, 0) is 16.2 Å². The van der Waals surface area contributed by atoms with E-state index in [4.69, 9.17) is 9.47 Å². The van der Waals surface area contributed by atoms with E-state index in [1.54, 1.807) is 29.3 Å². The molecule has 0 spiro atoms. The van der Waals surface area contributed by atoms with Crippen LogP contribution < -0.4 is 9.47 Å². The second-order valence-electron chi connectivity index (χ2n) is 8.48. The molecule has 2 aliphatic heterocycles. The minimum Gasteiger partial charge on any atom is -0.493 e. The molecule has 1 aromatic heterocycles. The topological polar surface area (TPSA) is 89.0 Å². The molecule has 10 heteroatoms. The molecule has 0 saturated carbocycles. The van der Waals surface area contributed by atoms with E-state index in [2.05, 4.69) is 27.8 Å². The second kappa shape index (κ2) is 11.3. The van der Waals surface area contributed by atoms with Crippen LogP contribution >= 0.6 is 27.7 Å². The van der Waals surface area contributed by atoms with Gasteiger partial charge in [-0.25, -0.2) is 0 Å². The van der Waals surface area contributed by atoms with Gasteiger partial charge in [-0.15, -0.1) is 0 Å². The summed E-state index contributed by atoms with van der Waals surface area (Å²) >= 11 is 4.34. The number of benzene rings is 1. The number of carbonyl (C=O) groups excluding carboxylic acids is 3. The maximum atomic E-state index is 12.9. The minimum absolute atomic E-state index is 0.195. The molecular formula is C25H26BrN3O5S. The molecule has 1 aromatic carbocycles. The van der Waals surface area contributed by atoms with Gasteiger partial charge in [-0.05, 0) is 82.4 Å². The fourth-order valence-corrected chi connectivity index (χ4v) is 5.29. The van der Waals surface area contributed by atoms with Gasteiger partial charge in [-0.1, -0.05) is 13.0 Å². The van der Waals surface area contributed by atoms with E-state index in [0.717, 1.165) is 35.2 Å². The van der Waals surface area contributed by atoms with Gasteiger partial charge in [-0.2, -0.15) is 0 Å². The Morgan fingerprint density at radius 1 is 1.26 bits per heavy atom. The van der Waals surface area contributed by atoms with Crippen molar-refractivity contribution in [2.75, 3.05) is 26.7 Å². The van der Waals surface area contributed by atoms with Crippen LogP contribution in [0, 0.1) is 5.92 Å². The molecule has 3 amide bonds. The Morgan fingerprint density at radius 2 is 2.03 bits per heavy atom. The fraction of sp³-hybridized carbons (Fsp3) is 0.360. The van der Waals surface area contributed by atoms with E-state index in [1.807, 2.05) is 18.2 Å². The average Bonchev–Trinajstić information content (AvgIpc) is 3.11. The van der Waals surface area contributed by atoms with Gasteiger partial charge in [0.15, 0.2) is 11.5 Å². The van der Waals surface area contributed by atoms with E-state index in [1.165, 1.54) is 7.11 Å². The molecule has 4 rings (SSSR count). The Hall–Kier alpha value is -2.85. The zero-order valence-corrected chi connectivity index (χ0v) is 21.9. The van der Waals surface area contributed by atoms with Crippen LogP contribution in [0.3, 0.4) is 0 Å². The molecule has 2 aromatic rings. The van der Waals surface area contributed by atoms with Crippen LogP contribution in [0.5, 0.6) is 11.5 Å². The molecule has 2 saturated heterocycles. The Labute approximate surface area is 216 Å². The number of methoxy groups -OCH3 is 1. The summed E-state index contributed by atoms with van der Waals surface area (Å²) in [5.74, 6) is 0.894. The highest BCUT2D eigenvalue weighted by molar-refractivity contribution is 9.10. The lowest BCUT2D eigenvalue weighted by Crippen LogP contribution is -2.45. The van der Waals surface area contributed by atoms with Crippen molar-refractivity contribution in [3.8, 4) is 11.5 Å². The first-order chi connectivity index (χ1) is 16.9. The van der Waals surface area contributed by atoms with Gasteiger partial charge in [0.2, 0.25) is 5.91 Å². The minimum atomic E-state index is -0.468. The number of piperidine rings is 1. The Bertz CT molecular complexity index is 1150. The number of halogens is 1. The third-order valence-corrected chi connectivity index (χ3v) is 7.44. The lowest BCUT2D eigenvalue weighted by Gasteiger charge is -2.31. The van der Waals surface area contributed by atoms with Crippen molar-refractivity contribution in [1.82, 2.24) is 14.8 Å². The number of hydrogen-bond donors (Lipinski definition) is 0. The van der Waals surface area contributed by atoms with E-state index in [9.17, 15) is 14.4 Å². The summed E-state index contributed by atoms with van der Waals surface area (Å²) in [5.41, 5.74) is 1.42. The molecule has 0 bridgehead atoms. The molecule has 35 heavy (non-hydrogen) atoms. The fourth-order valence-electron chi connectivity index (χ4n) is 3.87. The molecule has 0 N–H and O–H groups in total. The van der Waals surface area contributed by atoms with Crippen molar-refractivity contribution in [3.63, 3.8) is 0 Å². The number of thioether (sulfide) groups is 1. The maximum absolute atomic E-state index is 12.9. The Kier molecular flexibility index (Phi) is 8.12. The monoisotopic (exact) mass is 559 g/mol. The van der Waals surface area contributed by atoms with Crippen LogP contribution in [0.15, 0.2) is 45.9 Å². The van der Waals surface area contributed by atoms with Crippen molar-refractivity contribution >= 4 is 50.8 Å². The Morgan fingerprint density at radius 3 is 2.71 bits per heavy atom. The van der Waals surface area contributed by atoms with Gasteiger partial charge in [0.05, 0.1) is 22.2 Å². The third kappa shape index (κ3) is 6.05. The van der Waals surface area contributed by atoms with Crippen LogP contribution in [0.2, 0.25) is 0 Å². The number of nitrogens with zero attached hydrogens (tertiary/aromatic N) is 3. The SMILES string of the molecule is COc1cc(/C=C2/SC(=O)N(CC(=O)N3CCC(C)CC3)C2=O)cc(Br)c1OCc1ccccn1. The molecule has 2 aliphatic rings. The molecule has 0 aliphatic carbocycles. The predicted octanol–water partition coefficient (Wildman–Crippen LogP) is 4.73. The number of carbonyl (C=O) groups is 3. The van der Waals surface area contributed by atoms with Crippen LogP contribution in [-0.4, -0.2) is 58.6 Å².